The van der Waals surface area contributed by atoms with Crippen LogP contribution in [0.3, 0.4) is 0 Å². The molecule has 0 amide bonds. The molecule has 2 aromatic rings. The largest absolute Gasteiger partial charge is 0.486 e. The first kappa shape index (κ1) is 17.6. The number of hydrogen-bond acceptors (Lipinski definition) is 4. The SMILES string of the molecule is CC1(C)CC(=O)C2=C(C1)Nc1cc3c(cc1[C@H]2c1cccc(Cl)c1)OCCO3. The van der Waals surface area contributed by atoms with Crippen molar-refractivity contribution in [3.8, 4) is 11.5 Å². The van der Waals surface area contributed by atoms with Gasteiger partial charge in [0.05, 0.1) is 0 Å². The predicted octanol–water partition coefficient (Wildman–Crippen LogP) is 5.31. The van der Waals surface area contributed by atoms with Gasteiger partial charge in [0.15, 0.2) is 17.3 Å². The van der Waals surface area contributed by atoms with E-state index in [1.165, 1.54) is 0 Å². The summed E-state index contributed by atoms with van der Waals surface area (Å²) < 4.78 is 11.6. The molecule has 144 valence electrons. The van der Waals surface area contributed by atoms with Crippen molar-refractivity contribution >= 4 is 23.1 Å². The van der Waals surface area contributed by atoms with Gasteiger partial charge in [0.2, 0.25) is 0 Å². The Bertz CT molecular complexity index is 1020. The second kappa shape index (κ2) is 6.28. The summed E-state index contributed by atoms with van der Waals surface area (Å²) in [4.78, 5) is 13.2. The van der Waals surface area contributed by atoms with Gasteiger partial charge in [0, 0.05) is 40.4 Å². The quantitative estimate of drug-likeness (QED) is 0.710. The minimum absolute atomic E-state index is 0.0624. The molecule has 0 bridgehead atoms. The molecule has 0 fully saturated rings. The van der Waals surface area contributed by atoms with Crippen LogP contribution in [0.2, 0.25) is 5.02 Å². The maximum atomic E-state index is 13.2. The molecular formula is C23H22ClNO3. The highest BCUT2D eigenvalue weighted by Gasteiger charge is 2.41. The maximum Gasteiger partial charge on any atom is 0.163 e. The lowest BCUT2D eigenvalue weighted by Gasteiger charge is -2.40. The Balaban J connectivity index is 1.73. The lowest BCUT2D eigenvalue weighted by atomic mass is 9.68. The fourth-order valence-corrected chi connectivity index (χ4v) is 4.78. The van der Waals surface area contributed by atoms with E-state index in [2.05, 4.69) is 19.2 Å². The molecule has 0 unspecified atom stereocenters. The van der Waals surface area contributed by atoms with E-state index in [0.717, 1.165) is 46.0 Å². The van der Waals surface area contributed by atoms with Crippen LogP contribution in [0.1, 0.15) is 43.7 Å². The molecule has 28 heavy (non-hydrogen) atoms. The Morgan fingerprint density at radius 2 is 1.82 bits per heavy atom. The maximum absolute atomic E-state index is 13.2. The number of allylic oxidation sites excluding steroid dienone is 2. The molecular weight excluding hydrogens is 374 g/mol. The van der Waals surface area contributed by atoms with Crippen LogP contribution in [0.25, 0.3) is 0 Å². The molecule has 4 nitrogen and oxygen atoms in total. The smallest absolute Gasteiger partial charge is 0.163 e. The first-order chi connectivity index (χ1) is 13.4. The van der Waals surface area contributed by atoms with Crippen molar-refractivity contribution in [2.75, 3.05) is 18.5 Å². The molecule has 5 heteroatoms. The summed E-state index contributed by atoms with van der Waals surface area (Å²) in [6.45, 7) is 5.36. The summed E-state index contributed by atoms with van der Waals surface area (Å²) in [5.74, 6) is 1.51. The number of rotatable bonds is 1. The number of ether oxygens (including phenoxy) is 2. The van der Waals surface area contributed by atoms with Crippen molar-refractivity contribution in [3.63, 3.8) is 0 Å². The third-order valence-corrected chi connectivity index (χ3v) is 5.94. The summed E-state index contributed by atoms with van der Waals surface area (Å²) in [5.41, 5.74) is 4.82. The van der Waals surface area contributed by atoms with Gasteiger partial charge in [-0.2, -0.15) is 0 Å². The topological polar surface area (TPSA) is 47.6 Å². The lowest BCUT2D eigenvalue weighted by Crippen LogP contribution is -2.34. The molecule has 2 aromatic carbocycles. The van der Waals surface area contributed by atoms with Gasteiger partial charge < -0.3 is 14.8 Å². The summed E-state index contributed by atoms with van der Waals surface area (Å²) >= 11 is 6.30. The van der Waals surface area contributed by atoms with Gasteiger partial charge in [-0.15, -0.1) is 0 Å². The Morgan fingerprint density at radius 1 is 1.07 bits per heavy atom. The van der Waals surface area contributed by atoms with Crippen LogP contribution in [0, 0.1) is 5.41 Å². The second-order valence-corrected chi connectivity index (χ2v) is 8.97. The third-order valence-electron chi connectivity index (χ3n) is 5.70. The van der Waals surface area contributed by atoms with Crippen molar-refractivity contribution in [3.05, 3.63) is 63.8 Å². The highest BCUT2D eigenvalue weighted by atomic mass is 35.5. The van der Waals surface area contributed by atoms with Crippen LogP contribution in [0.5, 0.6) is 11.5 Å². The van der Waals surface area contributed by atoms with Gasteiger partial charge >= 0.3 is 0 Å². The zero-order valence-corrected chi connectivity index (χ0v) is 16.7. The number of nitrogens with one attached hydrogen (secondary N) is 1. The van der Waals surface area contributed by atoms with Crippen molar-refractivity contribution in [2.24, 2.45) is 5.41 Å². The number of fused-ring (bicyclic) bond motifs is 2. The number of carbonyl (C=O) groups excluding carboxylic acids is 1. The Hall–Kier alpha value is -2.46. The first-order valence-corrected chi connectivity index (χ1v) is 10.0. The average Bonchev–Trinajstić information content (AvgIpc) is 2.64. The number of hydrogen-bond donors (Lipinski definition) is 1. The van der Waals surface area contributed by atoms with E-state index in [1.807, 2.05) is 36.4 Å². The molecule has 1 N–H and O–H groups in total. The second-order valence-electron chi connectivity index (χ2n) is 8.53. The summed E-state index contributed by atoms with van der Waals surface area (Å²) in [6, 6.07) is 11.8. The molecule has 5 rings (SSSR count). The molecule has 0 saturated heterocycles. The van der Waals surface area contributed by atoms with Crippen LogP contribution in [0.15, 0.2) is 47.7 Å². The molecule has 3 aliphatic rings. The molecule has 2 aliphatic heterocycles. The van der Waals surface area contributed by atoms with E-state index >= 15 is 0 Å². The molecule has 2 heterocycles. The van der Waals surface area contributed by atoms with Gasteiger partial charge in [0.1, 0.15) is 13.2 Å². The van der Waals surface area contributed by atoms with Gasteiger partial charge in [-0.1, -0.05) is 37.6 Å². The zero-order chi connectivity index (χ0) is 19.5. The van der Waals surface area contributed by atoms with Gasteiger partial charge in [-0.05, 0) is 41.2 Å². The normalized spacial score (nSPS) is 22.2. The van der Waals surface area contributed by atoms with Crippen molar-refractivity contribution in [1.29, 1.82) is 0 Å². The zero-order valence-electron chi connectivity index (χ0n) is 16.0. The van der Waals surface area contributed by atoms with Gasteiger partial charge in [-0.25, -0.2) is 0 Å². The summed E-state index contributed by atoms with van der Waals surface area (Å²) in [5, 5.41) is 4.21. The fourth-order valence-electron chi connectivity index (χ4n) is 4.58. The summed E-state index contributed by atoms with van der Waals surface area (Å²) in [7, 11) is 0. The minimum Gasteiger partial charge on any atom is -0.486 e. The van der Waals surface area contributed by atoms with Crippen LogP contribution in [-0.4, -0.2) is 19.0 Å². The molecule has 0 aromatic heterocycles. The van der Waals surface area contributed by atoms with Crippen molar-refractivity contribution in [2.45, 2.75) is 32.6 Å². The molecule has 0 saturated carbocycles. The number of halogens is 1. The average molecular weight is 396 g/mol. The van der Waals surface area contributed by atoms with Crippen LogP contribution < -0.4 is 14.8 Å². The van der Waals surface area contributed by atoms with Crippen molar-refractivity contribution in [1.82, 2.24) is 0 Å². The third kappa shape index (κ3) is 2.87. The standard InChI is InChI=1S/C23H22ClNO3/c1-23(2)11-17-22(18(26)12-23)21(13-4-3-5-14(24)8-13)15-9-19-20(10-16(15)25-17)28-7-6-27-19/h3-5,8-10,21,25H,6-7,11-12H2,1-2H3/t21-/m1/s1. The summed E-state index contributed by atoms with van der Waals surface area (Å²) in [6.07, 6.45) is 1.38. The van der Waals surface area contributed by atoms with E-state index < -0.39 is 0 Å². The minimum atomic E-state index is -0.163. The Kier molecular flexibility index (Phi) is 3.95. The van der Waals surface area contributed by atoms with E-state index in [9.17, 15) is 4.79 Å². The van der Waals surface area contributed by atoms with Gasteiger partial charge in [-0.3, -0.25) is 4.79 Å². The van der Waals surface area contributed by atoms with Crippen LogP contribution >= 0.6 is 11.6 Å². The number of benzene rings is 2. The van der Waals surface area contributed by atoms with Crippen molar-refractivity contribution < 1.29 is 14.3 Å². The number of carbonyl (C=O) groups is 1. The number of Topliss-reactive ketones (excluding diaryl/α,β-unsaturated/α-hetero) is 1. The van der Waals surface area contributed by atoms with E-state index in [4.69, 9.17) is 21.1 Å². The van der Waals surface area contributed by atoms with E-state index in [0.29, 0.717) is 24.7 Å². The molecule has 1 aliphatic carbocycles. The molecule has 0 spiro atoms. The fraction of sp³-hybridized carbons (Fsp3) is 0.348. The first-order valence-electron chi connectivity index (χ1n) is 9.64. The van der Waals surface area contributed by atoms with E-state index in [1.54, 1.807) is 0 Å². The number of ketones is 1. The molecule has 0 radical (unpaired) electrons. The monoisotopic (exact) mass is 395 g/mol. The van der Waals surface area contributed by atoms with Crippen LogP contribution in [0.4, 0.5) is 5.69 Å². The van der Waals surface area contributed by atoms with Gasteiger partial charge in [0.25, 0.3) is 0 Å². The number of anilines is 1. The predicted molar refractivity (Wildman–Crippen MR) is 109 cm³/mol. The Labute approximate surface area is 169 Å². The highest BCUT2D eigenvalue weighted by molar-refractivity contribution is 6.30. The lowest BCUT2D eigenvalue weighted by molar-refractivity contribution is -0.118. The van der Waals surface area contributed by atoms with E-state index in [-0.39, 0.29) is 17.1 Å². The van der Waals surface area contributed by atoms with Crippen LogP contribution in [-0.2, 0) is 4.79 Å². The Morgan fingerprint density at radius 3 is 2.57 bits per heavy atom. The highest BCUT2D eigenvalue weighted by Crippen LogP contribution is 2.51. The molecule has 1 atom stereocenters.